The lowest BCUT2D eigenvalue weighted by atomic mass is 9.73. The third-order valence-electron chi connectivity index (χ3n) is 7.38. The second kappa shape index (κ2) is 10.7. The summed E-state index contributed by atoms with van der Waals surface area (Å²) in [6.07, 6.45) is 6.05. The van der Waals surface area contributed by atoms with Gasteiger partial charge in [-0.1, -0.05) is 23.4 Å². The van der Waals surface area contributed by atoms with E-state index < -0.39 is 17.7 Å². The van der Waals surface area contributed by atoms with Crippen LogP contribution in [0.1, 0.15) is 56.7 Å². The molecule has 2 N–H and O–H groups in total. The second-order valence-electron chi connectivity index (χ2n) is 11.3. The number of hydrogen-bond donors (Lipinski definition) is 2. The Kier molecular flexibility index (Phi) is 7.62. The molecular weight excluding hydrogens is 556 g/mol. The SMILES string of the molecule is Cc1nc(N2CCC3(CC2)CO[C@@H](C)[C@H]3NC(=O)OC(C)(C)C)c(C(=O)O)nc1Sc1ccn2ccnc2c1Cl. The number of halogens is 1. The van der Waals surface area contributed by atoms with Gasteiger partial charge in [0.15, 0.2) is 17.2 Å². The molecule has 40 heavy (non-hydrogen) atoms. The van der Waals surface area contributed by atoms with E-state index in [0.717, 1.165) is 0 Å². The first-order chi connectivity index (χ1) is 18.9. The van der Waals surface area contributed by atoms with Gasteiger partial charge in [0.25, 0.3) is 0 Å². The summed E-state index contributed by atoms with van der Waals surface area (Å²) in [7, 11) is 0. The molecule has 3 aromatic heterocycles. The van der Waals surface area contributed by atoms with Gasteiger partial charge >= 0.3 is 12.1 Å². The quantitative estimate of drug-likeness (QED) is 0.427. The summed E-state index contributed by atoms with van der Waals surface area (Å²) in [4.78, 5) is 41.0. The minimum Gasteiger partial charge on any atom is -0.476 e. The van der Waals surface area contributed by atoms with Crippen molar-refractivity contribution in [2.24, 2.45) is 5.41 Å². The summed E-state index contributed by atoms with van der Waals surface area (Å²) in [5.41, 5.74) is 0.221. The van der Waals surface area contributed by atoms with Crippen molar-refractivity contribution in [3.63, 3.8) is 0 Å². The average Bonchev–Trinajstić information content (AvgIpc) is 3.47. The second-order valence-corrected chi connectivity index (χ2v) is 12.7. The summed E-state index contributed by atoms with van der Waals surface area (Å²) in [5.74, 6) is -0.815. The molecule has 11 nitrogen and oxygen atoms in total. The molecule has 0 aliphatic carbocycles. The fraction of sp³-hybridized carbons (Fsp3) is 0.519. The van der Waals surface area contributed by atoms with Crippen molar-refractivity contribution in [1.82, 2.24) is 24.7 Å². The number of ether oxygens (including phenoxy) is 2. The maximum atomic E-state index is 12.6. The Labute approximate surface area is 241 Å². The highest BCUT2D eigenvalue weighted by Crippen LogP contribution is 2.44. The van der Waals surface area contributed by atoms with Gasteiger partial charge in [-0.25, -0.2) is 24.5 Å². The minimum atomic E-state index is -1.15. The predicted molar refractivity (Wildman–Crippen MR) is 151 cm³/mol. The zero-order valence-electron chi connectivity index (χ0n) is 23.1. The maximum Gasteiger partial charge on any atom is 0.407 e. The summed E-state index contributed by atoms with van der Waals surface area (Å²) < 4.78 is 13.3. The molecule has 214 valence electrons. The number of piperidine rings is 1. The van der Waals surface area contributed by atoms with Gasteiger partial charge in [0.1, 0.15) is 10.6 Å². The number of carbonyl (C=O) groups is 2. The van der Waals surface area contributed by atoms with Crippen LogP contribution in [0.5, 0.6) is 0 Å². The third-order valence-corrected chi connectivity index (χ3v) is 9.00. The van der Waals surface area contributed by atoms with Crippen molar-refractivity contribution in [1.29, 1.82) is 0 Å². The standard InChI is InChI=1S/C27H33ClN6O5S/c1-15-23(40-17-6-10-33-13-9-29-21(33)18(17)28)31-19(24(35)36)22(30-15)34-11-7-27(8-12-34)14-38-16(2)20(27)32-25(37)39-26(3,4)5/h6,9-10,13,16,20H,7-8,11-12,14H2,1-5H3,(H,32,37)(H,35,36)/t16-,20+/m0/s1. The molecule has 13 heteroatoms. The molecule has 5 heterocycles. The number of imidazole rings is 1. The monoisotopic (exact) mass is 588 g/mol. The lowest BCUT2D eigenvalue weighted by Gasteiger charge is -2.43. The van der Waals surface area contributed by atoms with Crippen LogP contribution in [0, 0.1) is 12.3 Å². The topological polar surface area (TPSA) is 131 Å². The number of hydrogen-bond acceptors (Lipinski definition) is 9. The molecule has 0 aromatic carbocycles. The molecule has 0 bridgehead atoms. The van der Waals surface area contributed by atoms with E-state index in [-0.39, 0.29) is 23.3 Å². The third kappa shape index (κ3) is 5.57. The number of amides is 1. The van der Waals surface area contributed by atoms with Crippen LogP contribution in [0.2, 0.25) is 5.02 Å². The zero-order chi connectivity index (χ0) is 28.8. The number of carboxylic acid groups (broad SMARTS) is 1. The van der Waals surface area contributed by atoms with E-state index in [0.29, 0.717) is 64.6 Å². The van der Waals surface area contributed by atoms with Gasteiger partial charge in [0, 0.05) is 42.0 Å². The number of alkyl carbamates (subject to hydrolysis) is 1. The molecule has 0 radical (unpaired) electrons. The van der Waals surface area contributed by atoms with Gasteiger partial charge in [-0.05, 0) is 53.5 Å². The van der Waals surface area contributed by atoms with Gasteiger partial charge in [-0.15, -0.1) is 0 Å². The minimum absolute atomic E-state index is 0.110. The largest absolute Gasteiger partial charge is 0.476 e. The van der Waals surface area contributed by atoms with Crippen LogP contribution in [0.4, 0.5) is 10.6 Å². The Morgan fingerprint density at radius 2 is 1.98 bits per heavy atom. The summed E-state index contributed by atoms with van der Waals surface area (Å²) >= 11 is 7.83. The Hall–Kier alpha value is -3.09. The van der Waals surface area contributed by atoms with E-state index in [1.807, 2.05) is 56.2 Å². The molecule has 0 unspecified atom stereocenters. The molecule has 2 saturated heterocycles. The zero-order valence-corrected chi connectivity index (χ0v) is 24.7. The maximum absolute atomic E-state index is 12.6. The highest BCUT2D eigenvalue weighted by atomic mass is 35.5. The van der Waals surface area contributed by atoms with Gasteiger partial charge in [-0.3, -0.25) is 0 Å². The fourth-order valence-electron chi connectivity index (χ4n) is 5.38. The number of carbonyl (C=O) groups excluding carboxylic acids is 1. The van der Waals surface area contributed by atoms with E-state index in [1.165, 1.54) is 11.8 Å². The number of aromatic nitrogens is 4. The van der Waals surface area contributed by atoms with Crippen molar-refractivity contribution in [2.75, 3.05) is 24.6 Å². The van der Waals surface area contributed by atoms with E-state index in [1.54, 1.807) is 12.4 Å². The van der Waals surface area contributed by atoms with Crippen molar-refractivity contribution in [3.05, 3.63) is 41.1 Å². The number of aryl methyl sites for hydroxylation is 1. The van der Waals surface area contributed by atoms with E-state index in [4.69, 9.17) is 26.1 Å². The molecule has 2 aliphatic heterocycles. The lowest BCUT2D eigenvalue weighted by molar-refractivity contribution is 0.0433. The molecule has 2 atom stereocenters. The molecule has 0 saturated carbocycles. The summed E-state index contributed by atoms with van der Waals surface area (Å²) in [6, 6.07) is 1.63. The number of fused-ring (bicyclic) bond motifs is 1. The van der Waals surface area contributed by atoms with Crippen LogP contribution < -0.4 is 10.2 Å². The molecule has 5 rings (SSSR count). The first kappa shape index (κ1) is 28.4. The number of nitrogens with one attached hydrogen (secondary N) is 1. The molecule has 2 fully saturated rings. The number of anilines is 1. The fourth-order valence-corrected chi connectivity index (χ4v) is 6.55. The van der Waals surface area contributed by atoms with Gasteiger partial charge < -0.3 is 29.2 Å². The van der Waals surface area contributed by atoms with E-state index >= 15 is 0 Å². The lowest BCUT2D eigenvalue weighted by Crippen LogP contribution is -2.55. The molecule has 2 aliphatic rings. The highest BCUT2D eigenvalue weighted by molar-refractivity contribution is 7.99. The van der Waals surface area contributed by atoms with Crippen LogP contribution in [0.15, 0.2) is 34.6 Å². The van der Waals surface area contributed by atoms with Crippen LogP contribution in [0.25, 0.3) is 5.65 Å². The molecule has 1 amide bonds. The Morgan fingerprint density at radius 3 is 2.65 bits per heavy atom. The Morgan fingerprint density at radius 1 is 1.25 bits per heavy atom. The van der Waals surface area contributed by atoms with E-state index in [9.17, 15) is 14.7 Å². The number of aromatic carboxylic acids is 1. The van der Waals surface area contributed by atoms with E-state index in [2.05, 4.69) is 15.3 Å². The van der Waals surface area contributed by atoms with Crippen molar-refractivity contribution in [3.8, 4) is 0 Å². The van der Waals surface area contributed by atoms with Crippen LogP contribution in [-0.4, -0.2) is 74.0 Å². The van der Waals surface area contributed by atoms with Gasteiger partial charge in [-0.2, -0.15) is 0 Å². The van der Waals surface area contributed by atoms with Crippen LogP contribution in [-0.2, 0) is 9.47 Å². The Bertz CT molecular complexity index is 1450. The van der Waals surface area contributed by atoms with Gasteiger partial charge in [0.2, 0.25) is 0 Å². The number of nitrogens with zero attached hydrogens (tertiary/aromatic N) is 5. The van der Waals surface area contributed by atoms with Crippen LogP contribution >= 0.6 is 23.4 Å². The first-order valence-corrected chi connectivity index (χ1v) is 14.3. The first-order valence-electron chi connectivity index (χ1n) is 13.1. The van der Waals surface area contributed by atoms with Gasteiger partial charge in [0.05, 0.1) is 29.5 Å². The number of rotatable bonds is 5. The molecule has 3 aromatic rings. The molecular formula is C27H33ClN6O5S. The predicted octanol–water partition coefficient (Wildman–Crippen LogP) is 4.83. The molecule has 1 spiro atoms. The van der Waals surface area contributed by atoms with Crippen molar-refractivity contribution in [2.45, 2.75) is 75.1 Å². The van der Waals surface area contributed by atoms with Crippen LogP contribution in [0.3, 0.4) is 0 Å². The van der Waals surface area contributed by atoms with Crippen molar-refractivity contribution >= 4 is 46.9 Å². The van der Waals surface area contributed by atoms with Crippen molar-refractivity contribution < 1.29 is 24.2 Å². The average molecular weight is 589 g/mol. The number of carboxylic acids is 1. The number of pyridine rings is 1. The summed E-state index contributed by atoms with van der Waals surface area (Å²) in [6.45, 7) is 10.9. The Balaban J connectivity index is 1.35. The smallest absolute Gasteiger partial charge is 0.407 e. The summed E-state index contributed by atoms with van der Waals surface area (Å²) in [5, 5.41) is 14.0. The normalized spacial score (nSPS) is 20.7. The highest BCUT2D eigenvalue weighted by Gasteiger charge is 2.51.